The van der Waals surface area contributed by atoms with Crippen LogP contribution in [0.25, 0.3) is 11.2 Å². The summed E-state index contributed by atoms with van der Waals surface area (Å²) in [5.74, 6) is 0.0420. The van der Waals surface area contributed by atoms with Crippen molar-refractivity contribution in [2.45, 2.75) is 44.3 Å². The molecule has 1 saturated carbocycles. The van der Waals surface area contributed by atoms with Gasteiger partial charge in [0, 0.05) is 18.7 Å². The summed E-state index contributed by atoms with van der Waals surface area (Å²) in [5, 5.41) is 2.77. The third kappa shape index (κ3) is 3.72. The molecule has 146 valence electrons. The number of alkyl halides is 3. The molecule has 1 aliphatic rings. The summed E-state index contributed by atoms with van der Waals surface area (Å²) in [5.41, 5.74) is 0.706. The van der Waals surface area contributed by atoms with E-state index in [0.717, 1.165) is 37.1 Å². The molecule has 0 saturated heterocycles. The quantitative estimate of drug-likeness (QED) is 0.686. The predicted octanol–water partition coefficient (Wildman–Crippen LogP) is 4.75. The second-order valence-corrected chi connectivity index (χ2v) is 6.99. The van der Waals surface area contributed by atoms with Gasteiger partial charge < -0.3 is 0 Å². The van der Waals surface area contributed by atoms with Crippen LogP contribution >= 0.6 is 0 Å². The average Bonchev–Trinajstić information content (AvgIpc) is 2.96. The Hall–Kier alpha value is -2.90. The molecule has 0 spiro atoms. The van der Waals surface area contributed by atoms with Crippen molar-refractivity contribution < 1.29 is 18.0 Å². The van der Waals surface area contributed by atoms with Crippen molar-refractivity contribution in [2.24, 2.45) is 0 Å². The Kier molecular flexibility index (Phi) is 4.78. The van der Waals surface area contributed by atoms with Crippen LogP contribution in [0.4, 0.5) is 19.1 Å². The smallest absolute Gasteiger partial charge is 0.296 e. The van der Waals surface area contributed by atoms with E-state index in [9.17, 15) is 18.0 Å². The highest BCUT2D eigenvalue weighted by molar-refractivity contribution is 5.91. The van der Waals surface area contributed by atoms with Gasteiger partial charge in [-0.3, -0.25) is 14.7 Å². The lowest BCUT2D eigenvalue weighted by molar-refractivity contribution is -0.137. The van der Waals surface area contributed by atoms with Gasteiger partial charge in [0.15, 0.2) is 5.65 Å². The molecule has 0 unspecified atom stereocenters. The summed E-state index contributed by atoms with van der Waals surface area (Å²) in [6.45, 7) is 0. The van der Waals surface area contributed by atoms with E-state index in [0.29, 0.717) is 12.1 Å². The highest BCUT2D eigenvalue weighted by Crippen LogP contribution is 2.38. The Bertz CT molecular complexity index is 994. The van der Waals surface area contributed by atoms with E-state index in [1.165, 1.54) is 0 Å². The SMILES string of the molecule is O=C(CCc1ccccc1)Nc1nc2cc(C(F)(F)F)cnc2n1C1CCC1. The van der Waals surface area contributed by atoms with Crippen molar-refractivity contribution in [3.8, 4) is 0 Å². The number of hydrogen-bond donors (Lipinski definition) is 1. The first-order chi connectivity index (χ1) is 13.4. The molecule has 0 radical (unpaired) electrons. The van der Waals surface area contributed by atoms with Gasteiger partial charge in [-0.05, 0) is 37.3 Å². The first-order valence-corrected chi connectivity index (χ1v) is 9.21. The second-order valence-electron chi connectivity index (χ2n) is 6.99. The van der Waals surface area contributed by atoms with Crippen molar-refractivity contribution in [1.29, 1.82) is 0 Å². The maximum absolute atomic E-state index is 13.0. The number of nitrogens with one attached hydrogen (secondary N) is 1. The number of halogens is 3. The van der Waals surface area contributed by atoms with Crippen LogP contribution in [0.1, 0.15) is 42.9 Å². The lowest BCUT2D eigenvalue weighted by Crippen LogP contribution is -2.22. The van der Waals surface area contributed by atoms with Crippen LogP contribution in [0.3, 0.4) is 0 Å². The summed E-state index contributed by atoms with van der Waals surface area (Å²) in [7, 11) is 0. The van der Waals surface area contributed by atoms with Crippen molar-refractivity contribution in [1.82, 2.24) is 14.5 Å². The fourth-order valence-electron chi connectivity index (χ4n) is 3.31. The van der Waals surface area contributed by atoms with E-state index in [-0.39, 0.29) is 29.8 Å². The largest absolute Gasteiger partial charge is 0.417 e. The highest BCUT2D eigenvalue weighted by Gasteiger charge is 2.33. The number of carbonyl (C=O) groups is 1. The maximum atomic E-state index is 13.0. The van der Waals surface area contributed by atoms with Crippen LogP contribution in [0.15, 0.2) is 42.6 Å². The zero-order valence-electron chi connectivity index (χ0n) is 15.0. The van der Waals surface area contributed by atoms with Gasteiger partial charge in [-0.15, -0.1) is 0 Å². The number of amides is 1. The van der Waals surface area contributed by atoms with Crippen LogP contribution in [0.5, 0.6) is 0 Å². The fourth-order valence-corrected chi connectivity index (χ4v) is 3.31. The van der Waals surface area contributed by atoms with Crippen LogP contribution in [-0.2, 0) is 17.4 Å². The molecule has 1 aliphatic carbocycles. The van der Waals surface area contributed by atoms with E-state index in [1.54, 1.807) is 4.57 Å². The normalized spacial score (nSPS) is 14.8. The van der Waals surface area contributed by atoms with E-state index < -0.39 is 11.7 Å². The lowest BCUT2D eigenvalue weighted by Gasteiger charge is -2.28. The molecule has 0 aliphatic heterocycles. The van der Waals surface area contributed by atoms with E-state index in [4.69, 9.17) is 0 Å². The molecule has 1 aromatic carbocycles. The number of aromatic nitrogens is 3. The summed E-state index contributed by atoms with van der Waals surface area (Å²) < 4.78 is 40.7. The van der Waals surface area contributed by atoms with Gasteiger partial charge in [-0.1, -0.05) is 30.3 Å². The molecule has 4 rings (SSSR count). The first kappa shape index (κ1) is 18.5. The molecule has 1 amide bonds. The zero-order valence-corrected chi connectivity index (χ0v) is 15.0. The van der Waals surface area contributed by atoms with Gasteiger partial charge in [0.25, 0.3) is 0 Å². The van der Waals surface area contributed by atoms with E-state index in [1.807, 2.05) is 30.3 Å². The van der Waals surface area contributed by atoms with Crippen LogP contribution < -0.4 is 5.32 Å². The van der Waals surface area contributed by atoms with Crippen molar-refractivity contribution in [3.63, 3.8) is 0 Å². The second kappa shape index (κ2) is 7.26. The minimum Gasteiger partial charge on any atom is -0.296 e. The highest BCUT2D eigenvalue weighted by atomic mass is 19.4. The molecule has 28 heavy (non-hydrogen) atoms. The van der Waals surface area contributed by atoms with Crippen LogP contribution in [0.2, 0.25) is 0 Å². The topological polar surface area (TPSA) is 59.8 Å². The lowest BCUT2D eigenvalue weighted by atomic mass is 9.93. The molecule has 1 fully saturated rings. The van der Waals surface area contributed by atoms with Gasteiger partial charge in [-0.25, -0.2) is 9.97 Å². The Labute approximate surface area is 159 Å². The Morgan fingerprint density at radius 1 is 1.21 bits per heavy atom. The minimum absolute atomic E-state index is 0.0960. The summed E-state index contributed by atoms with van der Waals surface area (Å²) in [4.78, 5) is 20.7. The summed E-state index contributed by atoms with van der Waals surface area (Å²) in [6, 6.07) is 10.7. The number of anilines is 1. The third-order valence-corrected chi connectivity index (χ3v) is 5.03. The zero-order chi connectivity index (χ0) is 19.7. The van der Waals surface area contributed by atoms with Gasteiger partial charge in [0.2, 0.25) is 11.9 Å². The standard InChI is InChI=1S/C20H19F3N4O/c21-20(22,23)14-11-16-18(24-12-14)27(15-7-4-8-15)19(25-16)26-17(28)10-9-13-5-2-1-3-6-13/h1-3,5-6,11-12,15H,4,7-10H2,(H,25,26,28). The minimum atomic E-state index is -4.49. The Morgan fingerprint density at radius 2 is 1.96 bits per heavy atom. The molecular formula is C20H19F3N4O. The number of aryl methyl sites for hydroxylation is 1. The van der Waals surface area contributed by atoms with Crippen LogP contribution in [0, 0.1) is 0 Å². The number of imidazole rings is 1. The molecule has 2 aromatic heterocycles. The van der Waals surface area contributed by atoms with E-state index >= 15 is 0 Å². The van der Waals surface area contributed by atoms with Crippen molar-refractivity contribution >= 4 is 23.0 Å². The van der Waals surface area contributed by atoms with Crippen molar-refractivity contribution in [3.05, 3.63) is 53.7 Å². The number of fused-ring (bicyclic) bond motifs is 1. The Morgan fingerprint density at radius 3 is 2.61 bits per heavy atom. The molecule has 3 aromatic rings. The van der Waals surface area contributed by atoms with E-state index in [2.05, 4.69) is 15.3 Å². The predicted molar refractivity (Wildman–Crippen MR) is 98.8 cm³/mol. The third-order valence-electron chi connectivity index (χ3n) is 5.03. The molecule has 8 heteroatoms. The maximum Gasteiger partial charge on any atom is 0.417 e. The molecule has 0 bridgehead atoms. The number of rotatable bonds is 5. The molecule has 5 nitrogen and oxygen atoms in total. The molecule has 2 heterocycles. The molecular weight excluding hydrogens is 369 g/mol. The van der Waals surface area contributed by atoms with Gasteiger partial charge in [0.1, 0.15) is 5.52 Å². The number of benzene rings is 1. The number of hydrogen-bond acceptors (Lipinski definition) is 3. The monoisotopic (exact) mass is 388 g/mol. The number of pyridine rings is 1. The average molecular weight is 388 g/mol. The van der Waals surface area contributed by atoms with Gasteiger partial charge >= 0.3 is 6.18 Å². The first-order valence-electron chi connectivity index (χ1n) is 9.21. The Balaban J connectivity index is 1.59. The van der Waals surface area contributed by atoms with Gasteiger partial charge in [0.05, 0.1) is 5.56 Å². The summed E-state index contributed by atoms with van der Waals surface area (Å²) >= 11 is 0. The van der Waals surface area contributed by atoms with Crippen LogP contribution in [-0.4, -0.2) is 20.4 Å². The number of carbonyl (C=O) groups excluding carboxylic acids is 1. The molecule has 0 atom stereocenters. The fraction of sp³-hybridized carbons (Fsp3) is 0.350. The van der Waals surface area contributed by atoms with Crippen molar-refractivity contribution in [2.75, 3.05) is 5.32 Å². The van der Waals surface area contributed by atoms with Gasteiger partial charge in [-0.2, -0.15) is 13.2 Å². The summed E-state index contributed by atoms with van der Waals surface area (Å²) in [6.07, 6.45) is -0.0128. The number of nitrogens with zero attached hydrogens (tertiary/aromatic N) is 3. The molecule has 1 N–H and O–H groups in total.